The zero-order valence-electron chi connectivity index (χ0n) is 6.36. The van der Waals surface area contributed by atoms with Crippen molar-refractivity contribution in [2.75, 3.05) is 27.2 Å². The van der Waals surface area contributed by atoms with Crippen molar-refractivity contribution in [1.82, 2.24) is 9.34 Å². The van der Waals surface area contributed by atoms with Crippen LogP contribution >= 0.6 is 8.45 Å². The lowest BCUT2D eigenvalue weighted by atomic mass is 10.5. The Kier molecular flexibility index (Phi) is 2.81. The van der Waals surface area contributed by atoms with Gasteiger partial charge in [-0.05, 0) is 14.1 Å². The zero-order chi connectivity index (χ0) is 7.56. The Morgan fingerprint density at radius 3 is 2.00 bits per heavy atom. The van der Waals surface area contributed by atoms with Crippen molar-refractivity contribution in [2.24, 2.45) is 0 Å². The van der Waals surface area contributed by atoms with Gasteiger partial charge in [-0.3, -0.25) is 0 Å². The Labute approximate surface area is 62.9 Å². The summed E-state index contributed by atoms with van der Waals surface area (Å²) in [5.74, 6) is 0. The molecule has 10 heavy (non-hydrogen) atoms. The summed E-state index contributed by atoms with van der Waals surface area (Å²) < 4.78 is 3.89. The highest BCUT2D eigenvalue weighted by molar-refractivity contribution is 7.46. The molecule has 1 rings (SSSR count). The summed E-state index contributed by atoms with van der Waals surface area (Å²) in [6, 6.07) is 0. The second-order valence-electron chi connectivity index (χ2n) is 2.42. The molecule has 0 spiro atoms. The summed E-state index contributed by atoms with van der Waals surface area (Å²) in [6.45, 7) is 1.71. The molecule has 0 aromatic heterocycles. The van der Waals surface area contributed by atoms with E-state index in [9.17, 15) is 4.89 Å². The third kappa shape index (κ3) is 1.77. The van der Waals surface area contributed by atoms with Gasteiger partial charge in [0.25, 0.3) is 0 Å². The molecule has 4 heteroatoms. The molecule has 3 nitrogen and oxygen atoms in total. The molecule has 1 aliphatic heterocycles. The first kappa shape index (κ1) is 8.15. The Morgan fingerprint density at radius 1 is 1.20 bits per heavy atom. The average molecular weight is 160 g/mol. The molecule has 58 valence electrons. The fourth-order valence-corrected chi connectivity index (χ4v) is 1.86. The maximum atomic E-state index is 9.50. The van der Waals surface area contributed by atoms with Gasteiger partial charge in [0.05, 0.1) is 0 Å². The molecule has 0 saturated carbocycles. The Hall–Kier alpha value is 0.0500. The summed E-state index contributed by atoms with van der Waals surface area (Å²) >= 11 is 0. The van der Waals surface area contributed by atoms with Gasteiger partial charge < -0.3 is 4.89 Å². The number of rotatable bonds is 0. The largest absolute Gasteiger partial charge is 0.347 e. The second kappa shape index (κ2) is 3.44. The minimum Gasteiger partial charge on any atom is -0.347 e. The van der Waals surface area contributed by atoms with E-state index in [0.29, 0.717) is 0 Å². The van der Waals surface area contributed by atoms with Gasteiger partial charge in [-0.2, -0.15) is 0 Å². The number of hydrogen-bond donors (Lipinski definition) is 1. The van der Waals surface area contributed by atoms with Gasteiger partial charge in [0.1, 0.15) is 0 Å². The molecule has 0 bridgehead atoms. The van der Waals surface area contributed by atoms with Gasteiger partial charge in [-0.15, -0.1) is 0 Å². The van der Waals surface area contributed by atoms with Crippen LogP contribution in [0.5, 0.6) is 0 Å². The van der Waals surface area contributed by atoms with Crippen LogP contribution in [0, 0.1) is 0 Å². The van der Waals surface area contributed by atoms with Crippen molar-refractivity contribution in [3.63, 3.8) is 0 Å². The molecule has 0 aromatic carbocycles. The molecular weight excluding hydrogens is 147 g/mol. The van der Waals surface area contributed by atoms with E-state index in [0.717, 1.165) is 13.1 Å². The molecule has 0 unspecified atom stereocenters. The third-order valence-electron chi connectivity index (χ3n) is 1.52. The standard InChI is InChI=1S/C6H13N2OP/c1-7-5-3-4-6-8(2)10(7)9/h3-4,9H,5-6H2,1-2H3. The molecule has 1 N–H and O–H groups in total. The van der Waals surface area contributed by atoms with Crippen LogP contribution in [-0.4, -0.2) is 41.4 Å². The van der Waals surface area contributed by atoms with Crippen LogP contribution < -0.4 is 0 Å². The molecule has 1 heterocycles. The number of nitrogens with zero attached hydrogens (tertiary/aromatic N) is 2. The van der Waals surface area contributed by atoms with E-state index in [4.69, 9.17) is 0 Å². The van der Waals surface area contributed by atoms with Crippen molar-refractivity contribution < 1.29 is 4.89 Å². The van der Waals surface area contributed by atoms with E-state index < -0.39 is 8.45 Å². The minimum absolute atomic E-state index is 0.854. The molecular formula is C6H13N2OP. The van der Waals surface area contributed by atoms with E-state index in [2.05, 4.69) is 12.2 Å². The molecule has 0 amide bonds. The van der Waals surface area contributed by atoms with Gasteiger partial charge in [-0.25, -0.2) is 9.34 Å². The van der Waals surface area contributed by atoms with Crippen molar-refractivity contribution in [3.05, 3.63) is 12.2 Å². The predicted octanol–water partition coefficient (Wildman–Crippen LogP) is 0.639. The molecule has 0 atom stereocenters. The van der Waals surface area contributed by atoms with Gasteiger partial charge in [0.15, 0.2) is 8.45 Å². The van der Waals surface area contributed by atoms with Crippen LogP contribution in [0.3, 0.4) is 0 Å². The maximum Gasteiger partial charge on any atom is 0.185 e. The number of likely N-dealkylation sites (N-methyl/N-ethyl adjacent to an activating group) is 2. The smallest absolute Gasteiger partial charge is 0.185 e. The van der Waals surface area contributed by atoms with Crippen LogP contribution in [0.2, 0.25) is 0 Å². The Morgan fingerprint density at radius 2 is 1.60 bits per heavy atom. The van der Waals surface area contributed by atoms with Gasteiger partial charge in [-0.1, -0.05) is 12.2 Å². The van der Waals surface area contributed by atoms with E-state index in [1.54, 1.807) is 0 Å². The fourth-order valence-electron chi connectivity index (χ4n) is 0.861. The van der Waals surface area contributed by atoms with E-state index in [1.165, 1.54) is 0 Å². The Bertz CT molecular complexity index is 126. The highest BCUT2D eigenvalue weighted by Gasteiger charge is 2.16. The highest BCUT2D eigenvalue weighted by atomic mass is 31.2. The van der Waals surface area contributed by atoms with E-state index in [-0.39, 0.29) is 0 Å². The molecule has 0 saturated heterocycles. The molecule has 0 aliphatic carbocycles. The fraction of sp³-hybridized carbons (Fsp3) is 0.667. The second-order valence-corrected chi connectivity index (χ2v) is 4.32. The van der Waals surface area contributed by atoms with Gasteiger partial charge >= 0.3 is 0 Å². The first-order valence-electron chi connectivity index (χ1n) is 3.28. The SMILES string of the molecule is CN1CC=CCN(C)P1O. The maximum absolute atomic E-state index is 9.50. The lowest BCUT2D eigenvalue weighted by Crippen LogP contribution is -2.20. The lowest BCUT2D eigenvalue weighted by molar-refractivity contribution is 0.425. The Balaban J connectivity index is 2.56. The van der Waals surface area contributed by atoms with E-state index in [1.807, 2.05) is 23.4 Å². The van der Waals surface area contributed by atoms with Crippen molar-refractivity contribution >= 4 is 8.45 Å². The first-order chi connectivity index (χ1) is 4.72. The molecule has 0 aromatic rings. The molecule has 0 fully saturated rings. The van der Waals surface area contributed by atoms with Crippen molar-refractivity contribution in [3.8, 4) is 0 Å². The predicted molar refractivity (Wildman–Crippen MR) is 43.5 cm³/mol. The van der Waals surface area contributed by atoms with Crippen molar-refractivity contribution in [1.29, 1.82) is 0 Å². The third-order valence-corrected chi connectivity index (χ3v) is 3.06. The lowest BCUT2D eigenvalue weighted by Gasteiger charge is -2.25. The normalized spacial score (nSPS) is 25.1. The van der Waals surface area contributed by atoms with Crippen LogP contribution in [-0.2, 0) is 0 Å². The quantitative estimate of drug-likeness (QED) is 0.416. The molecule has 1 aliphatic rings. The number of hydrogen-bond acceptors (Lipinski definition) is 3. The van der Waals surface area contributed by atoms with Crippen LogP contribution in [0.15, 0.2) is 12.2 Å². The molecule has 0 radical (unpaired) electrons. The first-order valence-corrected chi connectivity index (χ1v) is 4.48. The van der Waals surface area contributed by atoms with Crippen LogP contribution in [0.1, 0.15) is 0 Å². The average Bonchev–Trinajstić information content (AvgIpc) is 2.04. The summed E-state index contributed by atoms with van der Waals surface area (Å²) in [6.07, 6.45) is 4.16. The topological polar surface area (TPSA) is 26.7 Å². The zero-order valence-corrected chi connectivity index (χ0v) is 7.25. The van der Waals surface area contributed by atoms with Gasteiger partial charge in [0.2, 0.25) is 0 Å². The summed E-state index contributed by atoms with van der Waals surface area (Å²) in [5, 5.41) is 0. The minimum atomic E-state index is -1.04. The summed E-state index contributed by atoms with van der Waals surface area (Å²) in [7, 11) is 2.82. The highest BCUT2D eigenvalue weighted by Crippen LogP contribution is 2.37. The monoisotopic (exact) mass is 160 g/mol. The summed E-state index contributed by atoms with van der Waals surface area (Å²) in [5.41, 5.74) is 0. The van der Waals surface area contributed by atoms with Crippen LogP contribution in [0.4, 0.5) is 0 Å². The van der Waals surface area contributed by atoms with Crippen LogP contribution in [0.25, 0.3) is 0 Å². The van der Waals surface area contributed by atoms with Crippen molar-refractivity contribution in [2.45, 2.75) is 0 Å². The van der Waals surface area contributed by atoms with E-state index >= 15 is 0 Å². The van der Waals surface area contributed by atoms with Gasteiger partial charge in [0, 0.05) is 13.1 Å². The summed E-state index contributed by atoms with van der Waals surface area (Å²) in [4.78, 5) is 9.50.